The van der Waals surface area contributed by atoms with Gasteiger partial charge in [0, 0.05) is 0 Å². The van der Waals surface area contributed by atoms with E-state index in [1.54, 1.807) is 0 Å². The first kappa shape index (κ1) is 49.4. The van der Waals surface area contributed by atoms with Crippen molar-refractivity contribution in [3.05, 3.63) is 328 Å². The molecule has 0 heteroatoms. The highest BCUT2D eigenvalue weighted by Crippen LogP contribution is 2.50. The average molecular weight is 1090 g/mol. The molecule has 0 aliphatic heterocycles. The van der Waals surface area contributed by atoms with Crippen molar-refractivity contribution in [2.45, 2.75) is 0 Å². The first-order valence-corrected chi connectivity index (χ1v) is 29.9. The van der Waals surface area contributed by atoms with Crippen molar-refractivity contribution in [3.63, 3.8) is 0 Å². The molecule has 0 heterocycles. The molecule has 0 spiro atoms. The molecule has 17 aromatic rings. The van der Waals surface area contributed by atoms with Gasteiger partial charge in [-0.3, -0.25) is 0 Å². The van der Waals surface area contributed by atoms with Gasteiger partial charge in [0.25, 0.3) is 0 Å². The second-order valence-electron chi connectivity index (χ2n) is 22.9. The first-order valence-electron chi connectivity index (χ1n) is 29.9. The lowest BCUT2D eigenvalue weighted by molar-refractivity contribution is 1.54. The monoisotopic (exact) mass is 1090 g/mol. The minimum Gasteiger partial charge on any atom is -0.0622 e. The fraction of sp³-hybridized carbons (Fsp3) is 0. The fourth-order valence-electron chi connectivity index (χ4n) is 14.4. The van der Waals surface area contributed by atoms with Gasteiger partial charge < -0.3 is 0 Å². The van der Waals surface area contributed by atoms with Crippen LogP contribution in [0.5, 0.6) is 0 Å². The molecule has 0 fully saturated rings. The smallest absolute Gasteiger partial charge is 0.00201 e. The maximum atomic E-state index is 2.43. The Hall–Kier alpha value is -11.2. The van der Waals surface area contributed by atoms with Crippen LogP contribution in [-0.2, 0) is 0 Å². The highest BCUT2D eigenvalue weighted by Gasteiger charge is 2.23. The standard InChI is InChI=1S/C86H54/c1-3-22-56(23-4-1)80-53-65(61-30-19-31-64(51-61)84-73-35-13-17-39-77(73)85(78-40-18-14-36-74(78)84)69-42-20-29-55-26-9-10-32-66(55)69)54-81(57-24-5-2-6-25-57)83(80)59-46-44-58(45-47-59)82-71-33-11-15-37-75(71)86(76-38-16-12-34-72(76)82)70-43-21-41-67-68(70)49-48-63-50-60-27-7-8-28-62(60)52-79(63)67/h1-54H. The van der Waals surface area contributed by atoms with Gasteiger partial charge in [-0.15, -0.1) is 0 Å². The van der Waals surface area contributed by atoms with E-state index < -0.39 is 0 Å². The Bertz CT molecular complexity index is 5380. The molecular weight excluding hydrogens is 1030 g/mol. The van der Waals surface area contributed by atoms with Crippen LogP contribution in [0.3, 0.4) is 0 Å². The summed E-state index contributed by atoms with van der Waals surface area (Å²) in [4.78, 5) is 0. The lowest BCUT2D eigenvalue weighted by Crippen LogP contribution is -1.94. The number of rotatable bonds is 8. The predicted octanol–water partition coefficient (Wildman–Crippen LogP) is 24.2. The minimum atomic E-state index is 1.16. The average Bonchev–Trinajstić information content (AvgIpc) is 2.80. The SMILES string of the molecule is c1ccc(-c2cc(-c3cccc(-c4c5ccccc5c(-c5cccc6ccccc56)c5ccccc45)c3)cc(-c3ccccc3)c2-c2ccc(-c3c4ccccc4c(-c4cccc5c4ccc4cc6ccccc6cc45)c4ccccc34)cc2)cc1. The van der Waals surface area contributed by atoms with Crippen molar-refractivity contribution in [3.8, 4) is 89.0 Å². The van der Waals surface area contributed by atoms with Gasteiger partial charge in [-0.2, -0.15) is 0 Å². The van der Waals surface area contributed by atoms with E-state index in [0.717, 1.165) is 16.7 Å². The second kappa shape index (κ2) is 20.3. The fourth-order valence-corrected chi connectivity index (χ4v) is 14.4. The third-order valence-corrected chi connectivity index (χ3v) is 18.2. The van der Waals surface area contributed by atoms with Crippen molar-refractivity contribution >= 4 is 86.2 Å². The Kier molecular flexibility index (Phi) is 11.7. The molecule has 0 aromatic heterocycles. The van der Waals surface area contributed by atoms with E-state index >= 15 is 0 Å². The molecule has 0 saturated heterocycles. The summed E-state index contributed by atoms with van der Waals surface area (Å²) in [6.45, 7) is 0. The van der Waals surface area contributed by atoms with Gasteiger partial charge in [-0.25, -0.2) is 0 Å². The van der Waals surface area contributed by atoms with Crippen LogP contribution in [0.25, 0.3) is 175 Å². The largest absolute Gasteiger partial charge is 0.0622 e. The lowest BCUT2D eigenvalue weighted by atomic mass is 9.82. The Morgan fingerprint density at radius 3 is 1.03 bits per heavy atom. The quantitative estimate of drug-likeness (QED) is 0.105. The molecule has 0 bridgehead atoms. The van der Waals surface area contributed by atoms with Gasteiger partial charge in [-0.1, -0.05) is 297 Å². The summed E-state index contributed by atoms with van der Waals surface area (Å²) in [5.41, 5.74) is 19.3. The summed E-state index contributed by atoms with van der Waals surface area (Å²) < 4.78 is 0. The van der Waals surface area contributed by atoms with E-state index in [-0.39, 0.29) is 0 Å². The third-order valence-electron chi connectivity index (χ3n) is 18.2. The van der Waals surface area contributed by atoms with E-state index in [0.29, 0.717) is 0 Å². The zero-order chi connectivity index (χ0) is 56.7. The van der Waals surface area contributed by atoms with Crippen LogP contribution >= 0.6 is 0 Å². The molecule has 0 unspecified atom stereocenters. The topological polar surface area (TPSA) is 0 Å². The van der Waals surface area contributed by atoms with Crippen molar-refractivity contribution in [2.75, 3.05) is 0 Å². The maximum absolute atomic E-state index is 2.43. The van der Waals surface area contributed by atoms with Gasteiger partial charge >= 0.3 is 0 Å². The molecule has 17 rings (SSSR count). The minimum absolute atomic E-state index is 1.16. The summed E-state index contributed by atoms with van der Waals surface area (Å²) in [6.07, 6.45) is 0. The second-order valence-corrected chi connectivity index (χ2v) is 22.9. The summed E-state index contributed by atoms with van der Waals surface area (Å²) in [5, 5.41) is 20.0. The van der Waals surface area contributed by atoms with Crippen LogP contribution < -0.4 is 0 Å². The van der Waals surface area contributed by atoms with E-state index in [1.807, 2.05) is 0 Å². The van der Waals surface area contributed by atoms with Crippen LogP contribution in [0.4, 0.5) is 0 Å². The van der Waals surface area contributed by atoms with E-state index in [2.05, 4.69) is 328 Å². The number of hydrogen-bond acceptors (Lipinski definition) is 0. The molecule has 0 N–H and O–H groups in total. The van der Waals surface area contributed by atoms with Crippen LogP contribution in [0.15, 0.2) is 328 Å². The number of hydrogen-bond donors (Lipinski definition) is 0. The Morgan fingerprint density at radius 1 is 0.116 bits per heavy atom. The Labute approximate surface area is 499 Å². The zero-order valence-corrected chi connectivity index (χ0v) is 47.2. The van der Waals surface area contributed by atoms with Crippen LogP contribution in [-0.4, -0.2) is 0 Å². The summed E-state index contributed by atoms with van der Waals surface area (Å²) >= 11 is 0. The van der Waals surface area contributed by atoms with Gasteiger partial charge in [0.1, 0.15) is 0 Å². The van der Waals surface area contributed by atoms with E-state index in [1.165, 1.54) is 159 Å². The van der Waals surface area contributed by atoms with Crippen molar-refractivity contribution in [1.82, 2.24) is 0 Å². The molecule has 86 heavy (non-hydrogen) atoms. The Morgan fingerprint density at radius 2 is 0.488 bits per heavy atom. The molecule has 0 radical (unpaired) electrons. The molecule has 0 amide bonds. The van der Waals surface area contributed by atoms with Crippen LogP contribution in [0.2, 0.25) is 0 Å². The van der Waals surface area contributed by atoms with Crippen molar-refractivity contribution in [2.24, 2.45) is 0 Å². The van der Waals surface area contributed by atoms with Gasteiger partial charge in [0.2, 0.25) is 0 Å². The molecule has 17 aromatic carbocycles. The predicted molar refractivity (Wildman–Crippen MR) is 370 cm³/mol. The zero-order valence-electron chi connectivity index (χ0n) is 47.2. The van der Waals surface area contributed by atoms with Crippen molar-refractivity contribution < 1.29 is 0 Å². The summed E-state index contributed by atoms with van der Waals surface area (Å²) in [7, 11) is 0. The third kappa shape index (κ3) is 8.06. The normalized spacial score (nSPS) is 11.7. The highest BCUT2D eigenvalue weighted by molar-refractivity contribution is 6.26. The van der Waals surface area contributed by atoms with Gasteiger partial charge in [0.05, 0.1) is 0 Å². The van der Waals surface area contributed by atoms with Crippen LogP contribution in [0.1, 0.15) is 0 Å². The molecule has 398 valence electrons. The van der Waals surface area contributed by atoms with E-state index in [4.69, 9.17) is 0 Å². The molecular formula is C86H54. The van der Waals surface area contributed by atoms with Gasteiger partial charge in [0.15, 0.2) is 0 Å². The van der Waals surface area contributed by atoms with Gasteiger partial charge in [-0.05, 0) is 206 Å². The first-order chi connectivity index (χ1) is 42.7. The van der Waals surface area contributed by atoms with Crippen molar-refractivity contribution in [1.29, 1.82) is 0 Å². The van der Waals surface area contributed by atoms with Crippen LogP contribution in [0, 0.1) is 0 Å². The lowest BCUT2D eigenvalue weighted by Gasteiger charge is -2.21. The molecule has 0 saturated carbocycles. The number of benzene rings is 17. The maximum Gasteiger partial charge on any atom is -0.00201 e. The molecule has 0 atom stereocenters. The summed E-state index contributed by atoms with van der Waals surface area (Å²) in [6, 6.07) is 122. The Balaban J connectivity index is 0.826. The molecule has 0 aliphatic rings. The molecule has 0 aliphatic carbocycles. The summed E-state index contributed by atoms with van der Waals surface area (Å²) in [5.74, 6) is 0. The van der Waals surface area contributed by atoms with E-state index in [9.17, 15) is 0 Å². The highest BCUT2D eigenvalue weighted by atomic mass is 14.3. The number of fused-ring (bicyclic) bond motifs is 9. The molecule has 0 nitrogen and oxygen atoms in total.